The molecule has 0 aliphatic heterocycles. The number of aromatic amines is 1. The van der Waals surface area contributed by atoms with Crippen LogP contribution in [-0.2, 0) is 4.74 Å². The third kappa shape index (κ3) is 2.33. The minimum absolute atomic E-state index is 0.229. The van der Waals surface area contributed by atoms with Crippen molar-refractivity contribution in [3.05, 3.63) is 59.7 Å². The summed E-state index contributed by atoms with van der Waals surface area (Å²) in [5.74, 6) is -0.373. The van der Waals surface area contributed by atoms with Crippen molar-refractivity contribution in [3.8, 4) is 0 Å². The standard InChI is InChI=1S/C16H13NO4/c1-2-20-16(19)10-5-6-13-11(8-10)12(9-17-13)15(18)14-4-3-7-21-14/h3-9,17H,2H2,1H3. The number of ether oxygens (including phenoxy) is 1. The highest BCUT2D eigenvalue weighted by Gasteiger charge is 2.18. The highest BCUT2D eigenvalue weighted by molar-refractivity contribution is 6.15. The number of nitrogens with one attached hydrogen (secondary N) is 1. The largest absolute Gasteiger partial charge is 0.462 e. The predicted octanol–water partition coefficient (Wildman–Crippen LogP) is 3.17. The van der Waals surface area contributed by atoms with Crippen LogP contribution >= 0.6 is 0 Å². The Balaban J connectivity index is 2.06. The lowest BCUT2D eigenvalue weighted by Gasteiger charge is -2.02. The van der Waals surface area contributed by atoms with Crippen LogP contribution in [0.15, 0.2) is 47.2 Å². The van der Waals surface area contributed by atoms with Gasteiger partial charge in [-0.15, -0.1) is 0 Å². The Morgan fingerprint density at radius 1 is 1.29 bits per heavy atom. The fourth-order valence-corrected chi connectivity index (χ4v) is 2.19. The summed E-state index contributed by atoms with van der Waals surface area (Å²) in [7, 11) is 0. The summed E-state index contributed by atoms with van der Waals surface area (Å²) in [4.78, 5) is 27.2. The molecule has 5 nitrogen and oxygen atoms in total. The molecule has 0 atom stereocenters. The summed E-state index contributed by atoms with van der Waals surface area (Å²) in [6.45, 7) is 2.06. The Kier molecular flexibility index (Phi) is 3.31. The van der Waals surface area contributed by atoms with Gasteiger partial charge >= 0.3 is 5.97 Å². The molecule has 0 spiro atoms. The van der Waals surface area contributed by atoms with Crippen LogP contribution in [0, 0.1) is 0 Å². The van der Waals surface area contributed by atoms with Crippen LogP contribution < -0.4 is 0 Å². The third-order valence-electron chi connectivity index (χ3n) is 3.18. The minimum atomic E-state index is -0.406. The number of rotatable bonds is 4. The summed E-state index contributed by atoms with van der Waals surface area (Å²) in [5, 5.41) is 0.668. The quantitative estimate of drug-likeness (QED) is 0.589. The van der Waals surface area contributed by atoms with Crippen molar-refractivity contribution in [2.75, 3.05) is 6.61 Å². The van der Waals surface area contributed by atoms with E-state index in [1.807, 2.05) is 0 Å². The first kappa shape index (κ1) is 13.2. The normalized spacial score (nSPS) is 10.7. The summed E-state index contributed by atoms with van der Waals surface area (Å²) >= 11 is 0. The monoisotopic (exact) mass is 283 g/mol. The zero-order chi connectivity index (χ0) is 14.8. The molecule has 5 heteroatoms. The van der Waals surface area contributed by atoms with Gasteiger partial charge in [-0.3, -0.25) is 4.79 Å². The van der Waals surface area contributed by atoms with Crippen LogP contribution in [0.2, 0.25) is 0 Å². The molecule has 0 aliphatic carbocycles. The van der Waals surface area contributed by atoms with Crippen molar-refractivity contribution >= 4 is 22.7 Å². The molecule has 1 aromatic carbocycles. The molecule has 3 rings (SSSR count). The van der Waals surface area contributed by atoms with Gasteiger partial charge in [0, 0.05) is 17.1 Å². The molecule has 2 heterocycles. The Labute approximate surface area is 120 Å². The molecule has 0 saturated carbocycles. The Morgan fingerprint density at radius 3 is 2.86 bits per heavy atom. The molecule has 0 amide bonds. The zero-order valence-electron chi connectivity index (χ0n) is 11.4. The molecule has 0 fully saturated rings. The number of aromatic nitrogens is 1. The number of H-pyrrole nitrogens is 1. The van der Waals surface area contributed by atoms with E-state index < -0.39 is 5.97 Å². The number of ketones is 1. The van der Waals surface area contributed by atoms with Crippen molar-refractivity contribution in [3.63, 3.8) is 0 Å². The lowest BCUT2D eigenvalue weighted by atomic mass is 10.1. The average Bonchev–Trinajstić information content (AvgIpc) is 3.15. The van der Waals surface area contributed by atoms with Crippen LogP contribution in [0.5, 0.6) is 0 Å². The van der Waals surface area contributed by atoms with Crippen molar-refractivity contribution in [2.24, 2.45) is 0 Å². The van der Waals surface area contributed by atoms with Crippen molar-refractivity contribution in [2.45, 2.75) is 6.92 Å². The number of esters is 1. The van der Waals surface area contributed by atoms with Gasteiger partial charge in [0.15, 0.2) is 5.76 Å². The average molecular weight is 283 g/mol. The number of hydrogen-bond donors (Lipinski definition) is 1. The first-order chi connectivity index (χ1) is 10.2. The van der Waals surface area contributed by atoms with E-state index in [4.69, 9.17) is 9.15 Å². The van der Waals surface area contributed by atoms with E-state index in [-0.39, 0.29) is 11.5 Å². The molecule has 0 radical (unpaired) electrons. The molecule has 1 N–H and O–H groups in total. The van der Waals surface area contributed by atoms with E-state index >= 15 is 0 Å². The maximum Gasteiger partial charge on any atom is 0.338 e. The fourth-order valence-electron chi connectivity index (χ4n) is 2.19. The molecule has 0 aliphatic rings. The first-order valence-corrected chi connectivity index (χ1v) is 6.57. The van der Waals surface area contributed by atoms with Gasteiger partial charge in [0.25, 0.3) is 0 Å². The lowest BCUT2D eigenvalue weighted by Crippen LogP contribution is -2.04. The first-order valence-electron chi connectivity index (χ1n) is 6.57. The fraction of sp³-hybridized carbons (Fsp3) is 0.125. The van der Waals surface area contributed by atoms with E-state index in [2.05, 4.69) is 4.98 Å². The molecule has 106 valence electrons. The van der Waals surface area contributed by atoms with E-state index in [1.54, 1.807) is 43.5 Å². The summed E-state index contributed by atoms with van der Waals surface area (Å²) < 4.78 is 10.1. The molecule has 0 saturated heterocycles. The van der Waals surface area contributed by atoms with Crippen LogP contribution in [0.4, 0.5) is 0 Å². The SMILES string of the molecule is CCOC(=O)c1ccc2[nH]cc(C(=O)c3ccco3)c2c1. The molecular weight excluding hydrogens is 270 g/mol. The third-order valence-corrected chi connectivity index (χ3v) is 3.18. The van der Waals surface area contributed by atoms with Gasteiger partial charge in [-0.1, -0.05) is 0 Å². The minimum Gasteiger partial charge on any atom is -0.462 e. The molecule has 0 bridgehead atoms. The second-order valence-electron chi connectivity index (χ2n) is 4.49. The molecule has 2 aromatic heterocycles. The molecule has 21 heavy (non-hydrogen) atoms. The number of hydrogen-bond acceptors (Lipinski definition) is 4. The van der Waals surface area contributed by atoms with Gasteiger partial charge in [0.2, 0.25) is 5.78 Å². The van der Waals surface area contributed by atoms with E-state index in [0.717, 1.165) is 5.52 Å². The van der Waals surface area contributed by atoms with E-state index in [1.165, 1.54) is 6.26 Å². The number of carbonyl (C=O) groups excluding carboxylic acids is 2. The maximum absolute atomic E-state index is 12.4. The molecule has 0 unspecified atom stereocenters. The van der Waals surface area contributed by atoms with Crippen molar-refractivity contribution < 1.29 is 18.7 Å². The van der Waals surface area contributed by atoms with Gasteiger partial charge < -0.3 is 14.1 Å². The maximum atomic E-state index is 12.4. The van der Waals surface area contributed by atoms with Crippen LogP contribution in [0.3, 0.4) is 0 Å². The van der Waals surface area contributed by atoms with Crippen molar-refractivity contribution in [1.82, 2.24) is 4.98 Å². The van der Waals surface area contributed by atoms with Gasteiger partial charge in [-0.05, 0) is 37.3 Å². The van der Waals surface area contributed by atoms with Gasteiger partial charge in [0.05, 0.1) is 24.0 Å². The van der Waals surface area contributed by atoms with Gasteiger partial charge in [-0.25, -0.2) is 4.79 Å². The van der Waals surface area contributed by atoms with Crippen LogP contribution in [0.1, 0.15) is 33.4 Å². The zero-order valence-corrected chi connectivity index (χ0v) is 11.4. The Morgan fingerprint density at radius 2 is 2.14 bits per heavy atom. The lowest BCUT2D eigenvalue weighted by molar-refractivity contribution is 0.0526. The smallest absolute Gasteiger partial charge is 0.338 e. The second-order valence-corrected chi connectivity index (χ2v) is 4.49. The van der Waals surface area contributed by atoms with Crippen LogP contribution in [-0.4, -0.2) is 23.3 Å². The van der Waals surface area contributed by atoms with E-state index in [9.17, 15) is 9.59 Å². The highest BCUT2D eigenvalue weighted by Crippen LogP contribution is 2.23. The van der Waals surface area contributed by atoms with Crippen LogP contribution in [0.25, 0.3) is 10.9 Å². The summed E-state index contributed by atoms with van der Waals surface area (Å²) in [6.07, 6.45) is 3.07. The number of benzene rings is 1. The predicted molar refractivity (Wildman–Crippen MR) is 76.4 cm³/mol. The Bertz CT molecular complexity index is 799. The summed E-state index contributed by atoms with van der Waals surface area (Å²) in [6, 6.07) is 8.33. The molecule has 3 aromatic rings. The number of fused-ring (bicyclic) bond motifs is 1. The van der Waals surface area contributed by atoms with Gasteiger partial charge in [-0.2, -0.15) is 0 Å². The summed E-state index contributed by atoms with van der Waals surface area (Å²) in [5.41, 5.74) is 1.65. The highest BCUT2D eigenvalue weighted by atomic mass is 16.5. The van der Waals surface area contributed by atoms with Gasteiger partial charge in [0.1, 0.15) is 0 Å². The van der Waals surface area contributed by atoms with Crippen molar-refractivity contribution in [1.29, 1.82) is 0 Å². The second kappa shape index (κ2) is 5.28. The Hall–Kier alpha value is -2.82. The number of furan rings is 1. The topological polar surface area (TPSA) is 72.3 Å². The molecular formula is C16H13NO4. The van der Waals surface area contributed by atoms with E-state index in [0.29, 0.717) is 23.1 Å². The number of carbonyl (C=O) groups is 2.